The number of cyclic esters (lactones) is 1. The summed E-state index contributed by atoms with van der Waals surface area (Å²) in [5.41, 5.74) is 0. The van der Waals surface area contributed by atoms with E-state index < -0.39 is 6.29 Å². The molecule has 68 valence electrons. The minimum absolute atomic E-state index is 0.152. The first-order valence-corrected chi connectivity index (χ1v) is 4.16. The lowest BCUT2D eigenvalue weighted by Gasteiger charge is -2.09. The Hall–Kier alpha value is -0.830. The Morgan fingerprint density at radius 2 is 2.42 bits per heavy atom. The van der Waals surface area contributed by atoms with Gasteiger partial charge in [0, 0.05) is 6.42 Å². The predicted molar refractivity (Wildman–Crippen MR) is 44.2 cm³/mol. The van der Waals surface area contributed by atoms with Crippen molar-refractivity contribution in [3.8, 4) is 0 Å². The second-order valence-electron chi connectivity index (χ2n) is 3.12. The Morgan fingerprint density at radius 3 is 2.83 bits per heavy atom. The fraction of sp³-hybridized carbons (Fsp3) is 0.667. The fourth-order valence-corrected chi connectivity index (χ4v) is 1.45. The molecule has 1 aliphatic rings. The van der Waals surface area contributed by atoms with Crippen LogP contribution in [0.1, 0.15) is 20.3 Å². The molecule has 3 heteroatoms. The van der Waals surface area contributed by atoms with Gasteiger partial charge in [-0.25, -0.2) is 0 Å². The number of aliphatic hydroxyl groups is 1. The zero-order valence-corrected chi connectivity index (χ0v) is 7.36. The first-order valence-electron chi connectivity index (χ1n) is 4.16. The van der Waals surface area contributed by atoms with Crippen molar-refractivity contribution in [1.29, 1.82) is 0 Å². The van der Waals surface area contributed by atoms with Crippen LogP contribution in [0.2, 0.25) is 0 Å². The molecule has 0 bridgehead atoms. The highest BCUT2D eigenvalue weighted by atomic mass is 16.6. The summed E-state index contributed by atoms with van der Waals surface area (Å²) in [6.07, 6.45) is 3.38. The normalized spacial score (nSPS) is 32.4. The van der Waals surface area contributed by atoms with E-state index in [1.54, 1.807) is 0 Å². The number of allylic oxidation sites excluding steroid dienone is 2. The van der Waals surface area contributed by atoms with Gasteiger partial charge in [0.25, 0.3) is 0 Å². The van der Waals surface area contributed by atoms with Gasteiger partial charge in [0.1, 0.15) is 0 Å². The molecule has 1 aliphatic heterocycles. The van der Waals surface area contributed by atoms with Crippen molar-refractivity contribution >= 4 is 5.97 Å². The summed E-state index contributed by atoms with van der Waals surface area (Å²) in [6, 6.07) is 0. The van der Waals surface area contributed by atoms with E-state index in [4.69, 9.17) is 5.11 Å². The van der Waals surface area contributed by atoms with E-state index in [0.717, 1.165) is 0 Å². The van der Waals surface area contributed by atoms with Crippen molar-refractivity contribution in [2.75, 3.05) is 0 Å². The molecule has 1 rings (SSSR count). The van der Waals surface area contributed by atoms with E-state index in [1.807, 2.05) is 26.0 Å². The van der Waals surface area contributed by atoms with Crippen LogP contribution >= 0.6 is 0 Å². The minimum atomic E-state index is -0.893. The number of hydrogen-bond acceptors (Lipinski definition) is 3. The zero-order chi connectivity index (χ0) is 9.14. The number of ether oxygens (including phenoxy) is 1. The van der Waals surface area contributed by atoms with Crippen molar-refractivity contribution in [3.63, 3.8) is 0 Å². The third-order valence-corrected chi connectivity index (χ3v) is 2.14. The molecule has 0 aromatic rings. The van der Waals surface area contributed by atoms with Crippen LogP contribution in [-0.2, 0) is 9.53 Å². The molecule has 0 spiro atoms. The van der Waals surface area contributed by atoms with E-state index in [9.17, 15) is 4.79 Å². The number of esters is 1. The Morgan fingerprint density at radius 1 is 1.75 bits per heavy atom. The van der Waals surface area contributed by atoms with E-state index >= 15 is 0 Å². The topological polar surface area (TPSA) is 46.5 Å². The molecule has 3 nitrogen and oxygen atoms in total. The molecule has 12 heavy (non-hydrogen) atoms. The zero-order valence-electron chi connectivity index (χ0n) is 7.36. The van der Waals surface area contributed by atoms with Gasteiger partial charge in [0.2, 0.25) is 6.29 Å². The quantitative estimate of drug-likeness (QED) is 0.498. The van der Waals surface area contributed by atoms with Gasteiger partial charge in [-0.15, -0.1) is 0 Å². The van der Waals surface area contributed by atoms with Crippen LogP contribution in [0.5, 0.6) is 0 Å². The van der Waals surface area contributed by atoms with Crippen molar-refractivity contribution in [2.24, 2.45) is 11.8 Å². The molecule has 0 aliphatic carbocycles. The van der Waals surface area contributed by atoms with Crippen LogP contribution < -0.4 is 0 Å². The van der Waals surface area contributed by atoms with Gasteiger partial charge >= 0.3 is 5.97 Å². The molecule has 1 saturated heterocycles. The molecule has 1 heterocycles. The van der Waals surface area contributed by atoms with Gasteiger partial charge in [0.05, 0.1) is 5.92 Å². The van der Waals surface area contributed by atoms with Gasteiger partial charge < -0.3 is 9.84 Å². The monoisotopic (exact) mass is 170 g/mol. The van der Waals surface area contributed by atoms with Gasteiger partial charge in [0.15, 0.2) is 0 Å². The van der Waals surface area contributed by atoms with E-state index in [0.29, 0.717) is 6.42 Å². The first-order chi connectivity index (χ1) is 5.65. The maximum atomic E-state index is 11.1. The largest absolute Gasteiger partial charge is 0.436 e. The highest BCUT2D eigenvalue weighted by Gasteiger charge is 2.35. The molecule has 1 N–H and O–H groups in total. The van der Waals surface area contributed by atoms with Crippen LogP contribution in [0.25, 0.3) is 0 Å². The van der Waals surface area contributed by atoms with Crippen molar-refractivity contribution in [2.45, 2.75) is 26.6 Å². The van der Waals surface area contributed by atoms with Crippen LogP contribution in [0.15, 0.2) is 12.2 Å². The van der Waals surface area contributed by atoms with Crippen LogP contribution in [0.3, 0.4) is 0 Å². The SMILES string of the molecule is C/C=C/C(C)C1CC(O)OC1=O. The molecule has 0 amide bonds. The lowest BCUT2D eigenvalue weighted by molar-refractivity contribution is -0.155. The molecule has 0 saturated carbocycles. The van der Waals surface area contributed by atoms with Gasteiger partial charge in [-0.3, -0.25) is 4.79 Å². The average molecular weight is 170 g/mol. The molecule has 3 atom stereocenters. The van der Waals surface area contributed by atoms with E-state index in [-0.39, 0.29) is 17.8 Å². The van der Waals surface area contributed by atoms with Crippen molar-refractivity contribution in [3.05, 3.63) is 12.2 Å². The van der Waals surface area contributed by atoms with Crippen molar-refractivity contribution in [1.82, 2.24) is 0 Å². The number of rotatable bonds is 2. The first kappa shape index (κ1) is 9.26. The van der Waals surface area contributed by atoms with Gasteiger partial charge in [-0.2, -0.15) is 0 Å². The molecule has 3 unspecified atom stereocenters. The third kappa shape index (κ3) is 1.85. The average Bonchev–Trinajstić information content (AvgIpc) is 2.30. The Kier molecular flexibility index (Phi) is 2.87. The predicted octanol–water partition coefficient (Wildman–Crippen LogP) is 1.08. The molecular formula is C9H14O3. The highest BCUT2D eigenvalue weighted by molar-refractivity contribution is 5.74. The number of hydrogen-bond donors (Lipinski definition) is 1. The van der Waals surface area contributed by atoms with Gasteiger partial charge in [-0.05, 0) is 12.8 Å². The summed E-state index contributed by atoms with van der Waals surface area (Å²) in [5, 5.41) is 9.02. The third-order valence-electron chi connectivity index (χ3n) is 2.14. The van der Waals surface area contributed by atoms with Crippen LogP contribution in [-0.4, -0.2) is 17.4 Å². The highest BCUT2D eigenvalue weighted by Crippen LogP contribution is 2.27. The van der Waals surface area contributed by atoms with Crippen molar-refractivity contribution < 1.29 is 14.6 Å². The van der Waals surface area contributed by atoms with Crippen LogP contribution in [0.4, 0.5) is 0 Å². The minimum Gasteiger partial charge on any atom is -0.436 e. The summed E-state index contributed by atoms with van der Waals surface area (Å²) in [4.78, 5) is 11.1. The number of carbonyl (C=O) groups is 1. The summed E-state index contributed by atoms with van der Waals surface area (Å²) in [5.74, 6) is -0.302. The second kappa shape index (κ2) is 3.72. The van der Waals surface area contributed by atoms with E-state index in [1.165, 1.54) is 0 Å². The molecular weight excluding hydrogens is 156 g/mol. The van der Waals surface area contributed by atoms with E-state index in [2.05, 4.69) is 4.74 Å². The lowest BCUT2D eigenvalue weighted by Crippen LogP contribution is -2.14. The second-order valence-corrected chi connectivity index (χ2v) is 3.12. The standard InChI is InChI=1S/C9H14O3/c1-3-4-6(2)7-5-8(10)12-9(7)11/h3-4,6-8,10H,5H2,1-2H3/b4-3+. The number of carbonyl (C=O) groups excluding carboxylic acids is 1. The molecule has 1 fully saturated rings. The van der Waals surface area contributed by atoms with Gasteiger partial charge in [-0.1, -0.05) is 19.1 Å². The maximum Gasteiger partial charge on any atom is 0.312 e. The fourth-order valence-electron chi connectivity index (χ4n) is 1.45. The summed E-state index contributed by atoms with van der Waals surface area (Å²) >= 11 is 0. The lowest BCUT2D eigenvalue weighted by atomic mass is 9.92. The molecule has 0 radical (unpaired) electrons. The summed E-state index contributed by atoms with van der Waals surface area (Å²) in [7, 11) is 0. The summed E-state index contributed by atoms with van der Waals surface area (Å²) in [6.45, 7) is 3.86. The van der Waals surface area contributed by atoms with Crippen LogP contribution in [0, 0.1) is 11.8 Å². The molecule has 0 aromatic carbocycles. The Balaban J connectivity index is 2.57. The smallest absolute Gasteiger partial charge is 0.312 e. The summed E-state index contributed by atoms with van der Waals surface area (Å²) < 4.78 is 4.62. The Labute approximate surface area is 72.0 Å². The maximum absolute atomic E-state index is 11.1. The Bertz CT molecular complexity index is 198. The molecule has 0 aromatic heterocycles. The number of aliphatic hydroxyl groups excluding tert-OH is 1.